The monoisotopic (exact) mass is 337 g/mol. The van der Waals surface area contributed by atoms with Crippen molar-refractivity contribution in [2.45, 2.75) is 12.1 Å². The number of ether oxygens (including phenoxy) is 1. The number of nitrogens with two attached hydrogens (primary N) is 1. The summed E-state index contributed by atoms with van der Waals surface area (Å²) < 4.78 is 6.71. The summed E-state index contributed by atoms with van der Waals surface area (Å²) in [6.07, 6.45) is 2.58. The van der Waals surface area contributed by atoms with Gasteiger partial charge in [-0.15, -0.1) is 0 Å². The quantitative estimate of drug-likeness (QED) is 0.689. The van der Waals surface area contributed by atoms with Gasteiger partial charge in [0.1, 0.15) is 5.15 Å². The summed E-state index contributed by atoms with van der Waals surface area (Å²) in [7, 11) is 1.76. The first-order valence-corrected chi connectivity index (χ1v) is 7.35. The molecule has 2 atom stereocenters. The van der Waals surface area contributed by atoms with E-state index in [9.17, 15) is 9.90 Å². The van der Waals surface area contributed by atoms with Gasteiger partial charge in [-0.25, -0.2) is 4.98 Å². The zero-order chi connectivity index (χ0) is 16.6. The van der Waals surface area contributed by atoms with E-state index in [-0.39, 0.29) is 29.6 Å². The summed E-state index contributed by atoms with van der Waals surface area (Å²) in [5.74, 6) is -0.438. The molecule has 8 nitrogen and oxygen atoms in total. The second-order valence-corrected chi connectivity index (χ2v) is 5.73. The standard InChI is InChI=1S/C14H16ClN5O3/c1-20-4-7(3-17-20)13-12(16)8(2-11(15)19-13)14(22)18-9-5-23-6-10(9)21/h2-4,9-10,21H,5-6,16H2,1H3,(H,18,22)/t9-,10+/m1/s1. The molecule has 0 aromatic carbocycles. The lowest BCUT2D eigenvalue weighted by molar-refractivity contribution is 0.0887. The van der Waals surface area contributed by atoms with Gasteiger partial charge in [-0.3, -0.25) is 9.48 Å². The SMILES string of the molecule is Cn1cc(-c2nc(Cl)cc(C(=O)N[C@@H]3COC[C@@H]3O)c2N)cn1. The van der Waals surface area contributed by atoms with E-state index in [0.717, 1.165) is 0 Å². The van der Waals surface area contributed by atoms with Gasteiger partial charge >= 0.3 is 0 Å². The Hall–Kier alpha value is -2.16. The molecule has 4 N–H and O–H groups in total. The summed E-state index contributed by atoms with van der Waals surface area (Å²) in [4.78, 5) is 16.6. The van der Waals surface area contributed by atoms with Gasteiger partial charge in [0, 0.05) is 18.8 Å². The van der Waals surface area contributed by atoms with Crippen LogP contribution in [0.4, 0.5) is 5.69 Å². The number of hydrogen-bond acceptors (Lipinski definition) is 6. The minimum Gasteiger partial charge on any atom is -0.396 e. The molecule has 122 valence electrons. The van der Waals surface area contributed by atoms with Crippen molar-refractivity contribution in [2.75, 3.05) is 18.9 Å². The number of amides is 1. The number of aliphatic hydroxyl groups excluding tert-OH is 1. The maximum Gasteiger partial charge on any atom is 0.253 e. The van der Waals surface area contributed by atoms with Gasteiger partial charge in [-0.2, -0.15) is 5.10 Å². The van der Waals surface area contributed by atoms with Crippen LogP contribution in [0.1, 0.15) is 10.4 Å². The molecule has 1 saturated heterocycles. The predicted octanol–water partition coefficient (Wildman–Crippen LogP) is 0.207. The van der Waals surface area contributed by atoms with Crippen LogP contribution in [0.5, 0.6) is 0 Å². The van der Waals surface area contributed by atoms with Crippen molar-refractivity contribution in [3.63, 3.8) is 0 Å². The van der Waals surface area contributed by atoms with Crippen molar-refractivity contribution >= 4 is 23.2 Å². The lowest BCUT2D eigenvalue weighted by Gasteiger charge is -2.16. The minimum absolute atomic E-state index is 0.145. The van der Waals surface area contributed by atoms with Crippen molar-refractivity contribution in [3.8, 4) is 11.3 Å². The first-order valence-electron chi connectivity index (χ1n) is 6.97. The number of nitrogens with zero attached hydrogens (tertiary/aromatic N) is 3. The third-order valence-corrected chi connectivity index (χ3v) is 3.81. The Labute approximate surface area is 137 Å². The molecular formula is C14H16ClN5O3. The lowest BCUT2D eigenvalue weighted by Crippen LogP contribution is -2.42. The number of nitrogens with one attached hydrogen (secondary N) is 1. The van der Waals surface area contributed by atoms with E-state index in [4.69, 9.17) is 22.1 Å². The number of aliphatic hydroxyl groups is 1. The molecule has 1 amide bonds. The van der Waals surface area contributed by atoms with Gasteiger partial charge in [-0.1, -0.05) is 11.6 Å². The summed E-state index contributed by atoms with van der Waals surface area (Å²) in [6, 6.07) is 0.921. The molecule has 0 radical (unpaired) electrons. The van der Waals surface area contributed by atoms with Crippen LogP contribution in [0.25, 0.3) is 11.3 Å². The number of hydrogen-bond donors (Lipinski definition) is 3. The number of rotatable bonds is 3. The topological polar surface area (TPSA) is 115 Å². The van der Waals surface area contributed by atoms with Crippen LogP contribution in [-0.4, -0.2) is 51.1 Å². The number of pyridine rings is 1. The fourth-order valence-electron chi connectivity index (χ4n) is 2.40. The Morgan fingerprint density at radius 3 is 2.96 bits per heavy atom. The Bertz CT molecular complexity index is 748. The molecule has 9 heteroatoms. The normalized spacial score (nSPS) is 20.7. The van der Waals surface area contributed by atoms with Gasteiger partial charge in [0.05, 0.1) is 48.5 Å². The Morgan fingerprint density at radius 2 is 2.35 bits per heavy atom. The second-order valence-electron chi connectivity index (χ2n) is 5.34. The smallest absolute Gasteiger partial charge is 0.253 e. The van der Waals surface area contributed by atoms with Crippen molar-refractivity contribution in [1.29, 1.82) is 0 Å². The van der Waals surface area contributed by atoms with E-state index in [1.165, 1.54) is 6.07 Å². The summed E-state index contributed by atoms with van der Waals surface area (Å²) in [6.45, 7) is 0.444. The van der Waals surface area contributed by atoms with E-state index >= 15 is 0 Å². The molecule has 0 aliphatic carbocycles. The molecule has 1 aliphatic heterocycles. The maximum atomic E-state index is 12.4. The molecular weight excluding hydrogens is 322 g/mol. The van der Waals surface area contributed by atoms with Crippen LogP contribution >= 0.6 is 11.6 Å². The molecule has 0 spiro atoms. The number of aromatic nitrogens is 3. The second kappa shape index (κ2) is 6.15. The Morgan fingerprint density at radius 1 is 1.57 bits per heavy atom. The zero-order valence-electron chi connectivity index (χ0n) is 12.4. The maximum absolute atomic E-state index is 12.4. The molecule has 2 aromatic heterocycles. The summed E-state index contributed by atoms with van der Waals surface area (Å²) in [5, 5.41) is 16.6. The van der Waals surface area contributed by atoms with Crippen LogP contribution in [0, 0.1) is 0 Å². The third-order valence-electron chi connectivity index (χ3n) is 3.62. The average molecular weight is 338 g/mol. The summed E-state index contributed by atoms with van der Waals surface area (Å²) >= 11 is 6.02. The Balaban J connectivity index is 1.93. The largest absolute Gasteiger partial charge is 0.396 e. The van der Waals surface area contributed by atoms with Gasteiger partial charge in [0.2, 0.25) is 0 Å². The molecule has 0 bridgehead atoms. The van der Waals surface area contributed by atoms with Crippen molar-refractivity contribution in [1.82, 2.24) is 20.1 Å². The van der Waals surface area contributed by atoms with Crippen LogP contribution in [0.3, 0.4) is 0 Å². The molecule has 1 aliphatic rings. The average Bonchev–Trinajstić information content (AvgIpc) is 3.10. The highest BCUT2D eigenvalue weighted by molar-refractivity contribution is 6.30. The van der Waals surface area contributed by atoms with Crippen LogP contribution in [0.15, 0.2) is 18.5 Å². The number of aryl methyl sites for hydroxylation is 1. The van der Waals surface area contributed by atoms with E-state index < -0.39 is 18.1 Å². The number of halogens is 1. The first-order chi connectivity index (χ1) is 11.0. The first kappa shape index (κ1) is 15.7. The lowest BCUT2D eigenvalue weighted by atomic mass is 10.1. The van der Waals surface area contributed by atoms with Crippen LogP contribution in [-0.2, 0) is 11.8 Å². The molecule has 0 unspecified atom stereocenters. The number of carbonyl (C=O) groups excluding carboxylic acids is 1. The molecule has 1 fully saturated rings. The minimum atomic E-state index is -0.740. The number of carbonyl (C=O) groups is 1. The van der Waals surface area contributed by atoms with E-state index in [1.807, 2.05) is 0 Å². The van der Waals surface area contributed by atoms with Gasteiger partial charge in [0.15, 0.2) is 0 Å². The van der Waals surface area contributed by atoms with Crippen LogP contribution < -0.4 is 11.1 Å². The van der Waals surface area contributed by atoms with Gasteiger partial charge in [-0.05, 0) is 6.07 Å². The van der Waals surface area contributed by atoms with Crippen molar-refractivity contribution < 1.29 is 14.6 Å². The highest BCUT2D eigenvalue weighted by Crippen LogP contribution is 2.29. The molecule has 23 heavy (non-hydrogen) atoms. The Kier molecular flexibility index (Phi) is 4.20. The van der Waals surface area contributed by atoms with E-state index in [1.54, 1.807) is 24.1 Å². The number of anilines is 1. The molecule has 3 heterocycles. The van der Waals surface area contributed by atoms with Crippen LogP contribution in [0.2, 0.25) is 5.15 Å². The molecule has 3 rings (SSSR count). The van der Waals surface area contributed by atoms with Gasteiger partial charge < -0.3 is 20.9 Å². The molecule has 0 saturated carbocycles. The fourth-order valence-corrected chi connectivity index (χ4v) is 2.60. The zero-order valence-corrected chi connectivity index (χ0v) is 13.1. The molecule has 2 aromatic rings. The van der Waals surface area contributed by atoms with Crippen molar-refractivity contribution in [2.24, 2.45) is 7.05 Å². The highest BCUT2D eigenvalue weighted by Gasteiger charge is 2.29. The van der Waals surface area contributed by atoms with Gasteiger partial charge in [0.25, 0.3) is 5.91 Å². The summed E-state index contributed by atoms with van der Waals surface area (Å²) in [5.41, 5.74) is 7.54. The predicted molar refractivity (Wildman–Crippen MR) is 83.9 cm³/mol. The third kappa shape index (κ3) is 3.14. The van der Waals surface area contributed by atoms with E-state index in [2.05, 4.69) is 15.4 Å². The number of nitrogen functional groups attached to an aromatic ring is 1. The van der Waals surface area contributed by atoms with E-state index in [0.29, 0.717) is 11.3 Å². The highest BCUT2D eigenvalue weighted by atomic mass is 35.5. The fraction of sp³-hybridized carbons (Fsp3) is 0.357. The van der Waals surface area contributed by atoms with Crippen molar-refractivity contribution in [3.05, 3.63) is 29.2 Å².